The first-order valence-corrected chi connectivity index (χ1v) is 4.72. The molecule has 13 heavy (non-hydrogen) atoms. The van der Waals surface area contributed by atoms with Crippen molar-refractivity contribution in [2.45, 2.75) is 18.2 Å². The summed E-state index contributed by atoms with van der Waals surface area (Å²) in [6, 6.07) is 0. The second-order valence-corrected chi connectivity index (χ2v) is 3.89. The molecule has 1 amide bonds. The van der Waals surface area contributed by atoms with Crippen LogP contribution in [-0.4, -0.2) is 46.9 Å². The van der Waals surface area contributed by atoms with Crippen LogP contribution in [0, 0.1) is 0 Å². The lowest BCUT2D eigenvalue weighted by molar-refractivity contribution is -0.132. The zero-order valence-electron chi connectivity index (χ0n) is 7.21. The Bertz CT molecular complexity index is 167. The maximum Gasteiger partial charge on any atom is 0.255 e. The Labute approximate surface area is 83.8 Å². The van der Waals surface area contributed by atoms with Crippen LogP contribution >= 0.6 is 15.9 Å². The average Bonchev–Trinajstić information content (AvgIpc) is 2.01. The van der Waals surface area contributed by atoms with E-state index in [1.165, 1.54) is 0 Å². The van der Waals surface area contributed by atoms with Crippen LogP contribution in [0.5, 0.6) is 0 Å². The molecule has 6 heteroatoms. The van der Waals surface area contributed by atoms with E-state index in [9.17, 15) is 13.6 Å². The lowest BCUT2D eigenvalue weighted by Crippen LogP contribution is -2.40. The number of halogens is 3. The smallest absolute Gasteiger partial charge is 0.255 e. The van der Waals surface area contributed by atoms with E-state index in [4.69, 9.17) is 5.11 Å². The Morgan fingerprint density at radius 3 is 2.46 bits per heavy atom. The van der Waals surface area contributed by atoms with Crippen molar-refractivity contribution in [3.8, 4) is 0 Å². The van der Waals surface area contributed by atoms with Gasteiger partial charge in [0.2, 0.25) is 5.91 Å². The SMILES string of the molecule is CC(Br)C(=O)N(CCO)CC(F)F. The maximum absolute atomic E-state index is 11.9. The molecule has 0 heterocycles. The first kappa shape index (κ1) is 12.8. The van der Waals surface area contributed by atoms with Crippen LogP contribution in [0.15, 0.2) is 0 Å². The molecule has 1 atom stereocenters. The van der Waals surface area contributed by atoms with Crippen molar-refractivity contribution >= 4 is 21.8 Å². The molecule has 0 rings (SSSR count). The normalized spacial score (nSPS) is 13.1. The van der Waals surface area contributed by atoms with Crippen LogP contribution in [0.1, 0.15) is 6.92 Å². The number of rotatable bonds is 5. The third kappa shape index (κ3) is 5.15. The van der Waals surface area contributed by atoms with Crippen molar-refractivity contribution in [1.82, 2.24) is 4.90 Å². The van der Waals surface area contributed by atoms with Crippen LogP contribution < -0.4 is 0 Å². The summed E-state index contributed by atoms with van der Waals surface area (Å²) in [6.07, 6.45) is -2.57. The molecule has 0 aromatic carbocycles. The molecule has 3 nitrogen and oxygen atoms in total. The molecule has 0 aliphatic carbocycles. The largest absolute Gasteiger partial charge is 0.395 e. The quantitative estimate of drug-likeness (QED) is 0.745. The van der Waals surface area contributed by atoms with Gasteiger partial charge in [0.25, 0.3) is 6.43 Å². The third-order valence-corrected chi connectivity index (χ3v) is 1.77. The first-order chi connectivity index (χ1) is 5.99. The molecule has 1 N–H and O–H groups in total. The van der Waals surface area contributed by atoms with E-state index in [1.54, 1.807) is 6.92 Å². The van der Waals surface area contributed by atoms with Gasteiger partial charge >= 0.3 is 0 Å². The Morgan fingerprint density at radius 1 is 1.62 bits per heavy atom. The van der Waals surface area contributed by atoms with Crippen LogP contribution in [0.2, 0.25) is 0 Å². The third-order valence-electron chi connectivity index (χ3n) is 1.38. The molecule has 0 saturated heterocycles. The number of aliphatic hydroxyl groups excluding tert-OH is 1. The summed E-state index contributed by atoms with van der Waals surface area (Å²) in [5.41, 5.74) is 0. The lowest BCUT2D eigenvalue weighted by Gasteiger charge is -2.22. The minimum atomic E-state index is -2.57. The summed E-state index contributed by atoms with van der Waals surface area (Å²) in [5, 5.41) is 8.53. The number of aliphatic hydroxyl groups is 1. The standard InChI is InChI=1S/C7H12BrF2NO2/c1-5(8)7(13)11(2-3-12)4-6(9)10/h5-6,12H,2-4H2,1H3. The molecule has 0 fully saturated rings. The topological polar surface area (TPSA) is 40.5 Å². The molecule has 1 unspecified atom stereocenters. The molecule has 0 aliphatic heterocycles. The second-order valence-electron chi connectivity index (χ2n) is 2.51. The minimum absolute atomic E-state index is 0.0564. The highest BCUT2D eigenvalue weighted by molar-refractivity contribution is 9.10. The van der Waals surface area contributed by atoms with Gasteiger partial charge in [-0.15, -0.1) is 0 Å². The predicted molar refractivity (Wildman–Crippen MR) is 48.1 cm³/mol. The molecular weight excluding hydrogens is 248 g/mol. The first-order valence-electron chi connectivity index (χ1n) is 3.81. The van der Waals surface area contributed by atoms with Gasteiger partial charge in [0.05, 0.1) is 18.0 Å². The van der Waals surface area contributed by atoms with E-state index >= 15 is 0 Å². The highest BCUT2D eigenvalue weighted by atomic mass is 79.9. The van der Waals surface area contributed by atoms with Crippen LogP contribution in [0.25, 0.3) is 0 Å². The summed E-state index contributed by atoms with van der Waals surface area (Å²) in [7, 11) is 0. The summed E-state index contributed by atoms with van der Waals surface area (Å²) in [4.78, 5) is 11.6. The number of nitrogens with zero attached hydrogens (tertiary/aromatic N) is 1. The Kier molecular flexibility index (Phi) is 6.15. The van der Waals surface area contributed by atoms with Gasteiger partial charge in [-0.05, 0) is 6.92 Å². The zero-order valence-corrected chi connectivity index (χ0v) is 8.80. The van der Waals surface area contributed by atoms with Crippen molar-refractivity contribution in [2.24, 2.45) is 0 Å². The van der Waals surface area contributed by atoms with E-state index in [2.05, 4.69) is 15.9 Å². The van der Waals surface area contributed by atoms with E-state index < -0.39 is 23.7 Å². The fourth-order valence-electron chi connectivity index (χ4n) is 0.830. The van der Waals surface area contributed by atoms with Crippen LogP contribution in [-0.2, 0) is 4.79 Å². The summed E-state index contributed by atoms with van der Waals surface area (Å²) in [6.45, 7) is 0.560. The van der Waals surface area contributed by atoms with E-state index in [0.717, 1.165) is 4.90 Å². The van der Waals surface area contributed by atoms with Crippen molar-refractivity contribution in [3.05, 3.63) is 0 Å². The molecule has 0 bridgehead atoms. The molecule has 0 aliphatic rings. The number of alkyl halides is 3. The van der Waals surface area contributed by atoms with Gasteiger partial charge in [0.15, 0.2) is 0 Å². The fraction of sp³-hybridized carbons (Fsp3) is 0.857. The van der Waals surface area contributed by atoms with Crippen molar-refractivity contribution in [1.29, 1.82) is 0 Å². The second kappa shape index (κ2) is 6.26. The van der Waals surface area contributed by atoms with E-state index in [1.807, 2.05) is 0 Å². The molecule has 78 valence electrons. The summed E-state index contributed by atoms with van der Waals surface area (Å²) in [5.74, 6) is -0.436. The van der Waals surface area contributed by atoms with Gasteiger partial charge in [-0.25, -0.2) is 8.78 Å². The van der Waals surface area contributed by atoms with Crippen LogP contribution in [0.4, 0.5) is 8.78 Å². The van der Waals surface area contributed by atoms with Crippen LogP contribution in [0.3, 0.4) is 0 Å². The number of hydrogen-bond acceptors (Lipinski definition) is 2. The minimum Gasteiger partial charge on any atom is -0.395 e. The average molecular weight is 260 g/mol. The zero-order chi connectivity index (χ0) is 10.4. The van der Waals surface area contributed by atoms with Crippen molar-refractivity contribution in [2.75, 3.05) is 19.7 Å². The van der Waals surface area contributed by atoms with Gasteiger partial charge in [0.1, 0.15) is 0 Å². The molecule has 0 spiro atoms. The highest BCUT2D eigenvalue weighted by Crippen LogP contribution is 2.06. The number of carbonyl (C=O) groups excluding carboxylic acids is 1. The van der Waals surface area contributed by atoms with E-state index in [0.29, 0.717) is 0 Å². The van der Waals surface area contributed by atoms with Gasteiger partial charge in [-0.2, -0.15) is 0 Å². The van der Waals surface area contributed by atoms with E-state index in [-0.39, 0.29) is 13.2 Å². The summed E-state index contributed by atoms with van der Waals surface area (Å²) < 4.78 is 23.9. The number of carbonyl (C=O) groups is 1. The lowest BCUT2D eigenvalue weighted by atomic mass is 10.3. The molecular formula is C7H12BrF2NO2. The number of hydrogen-bond donors (Lipinski definition) is 1. The van der Waals surface area contributed by atoms with Gasteiger partial charge in [-0.1, -0.05) is 15.9 Å². The molecule has 0 aromatic heterocycles. The van der Waals surface area contributed by atoms with Crippen molar-refractivity contribution < 1.29 is 18.7 Å². The highest BCUT2D eigenvalue weighted by Gasteiger charge is 2.20. The Balaban J connectivity index is 4.15. The van der Waals surface area contributed by atoms with Gasteiger partial charge in [0, 0.05) is 6.54 Å². The monoisotopic (exact) mass is 259 g/mol. The fourth-order valence-corrected chi connectivity index (χ4v) is 1.12. The maximum atomic E-state index is 11.9. The molecule has 0 radical (unpaired) electrons. The molecule has 0 aromatic rings. The van der Waals surface area contributed by atoms with Gasteiger partial charge < -0.3 is 10.0 Å². The number of amides is 1. The molecule has 0 saturated carbocycles. The Hall–Kier alpha value is -0.230. The predicted octanol–water partition coefficient (Wildman–Crippen LogP) is 0.856. The summed E-state index contributed by atoms with van der Waals surface area (Å²) >= 11 is 2.98. The Morgan fingerprint density at radius 2 is 2.15 bits per heavy atom. The van der Waals surface area contributed by atoms with Gasteiger partial charge in [-0.3, -0.25) is 4.79 Å². The van der Waals surface area contributed by atoms with Crippen molar-refractivity contribution in [3.63, 3.8) is 0 Å².